The maximum atomic E-state index is 12.1. The molecule has 0 aromatic carbocycles. The molecular formula is C13H19N3O. The Bertz CT molecular complexity index is 374. The third-order valence-electron chi connectivity index (χ3n) is 3.47. The molecule has 1 aromatic rings. The van der Waals surface area contributed by atoms with Crippen LogP contribution in [0.2, 0.25) is 0 Å². The maximum absolute atomic E-state index is 12.1. The van der Waals surface area contributed by atoms with Crippen molar-refractivity contribution >= 4 is 5.91 Å². The Morgan fingerprint density at radius 3 is 2.53 bits per heavy atom. The predicted octanol–water partition coefficient (Wildman–Crippen LogP) is 1.13. The van der Waals surface area contributed by atoms with E-state index in [9.17, 15) is 4.79 Å². The summed E-state index contributed by atoms with van der Waals surface area (Å²) < 4.78 is 0. The van der Waals surface area contributed by atoms with E-state index < -0.39 is 6.04 Å². The van der Waals surface area contributed by atoms with Gasteiger partial charge < -0.3 is 10.6 Å². The molecule has 0 aliphatic carbocycles. The zero-order valence-corrected chi connectivity index (χ0v) is 10.2. The standard InChI is InChI=1S/C13H19N3O/c1-10(11-4-6-15-7-5-11)12(14)13(17)16-8-2-3-9-16/h4-7,10,12H,2-3,8-9,14H2,1H3. The van der Waals surface area contributed by atoms with E-state index in [1.54, 1.807) is 12.4 Å². The summed E-state index contributed by atoms with van der Waals surface area (Å²) in [4.78, 5) is 18.0. The first-order valence-corrected chi connectivity index (χ1v) is 6.14. The molecule has 1 aliphatic rings. The highest BCUT2D eigenvalue weighted by Gasteiger charge is 2.28. The minimum atomic E-state index is -0.449. The number of likely N-dealkylation sites (tertiary alicyclic amines) is 1. The summed E-state index contributed by atoms with van der Waals surface area (Å²) in [6, 6.07) is 3.39. The predicted molar refractivity (Wildman–Crippen MR) is 66.4 cm³/mol. The summed E-state index contributed by atoms with van der Waals surface area (Å²) in [7, 11) is 0. The Hall–Kier alpha value is -1.42. The second kappa shape index (κ2) is 5.27. The number of rotatable bonds is 3. The highest BCUT2D eigenvalue weighted by atomic mass is 16.2. The van der Waals surface area contributed by atoms with Crippen molar-refractivity contribution in [2.45, 2.75) is 31.7 Å². The normalized spacial score (nSPS) is 19.1. The van der Waals surface area contributed by atoms with Crippen LogP contribution in [-0.2, 0) is 4.79 Å². The minimum Gasteiger partial charge on any atom is -0.341 e. The van der Waals surface area contributed by atoms with Gasteiger partial charge in [0.05, 0.1) is 6.04 Å². The maximum Gasteiger partial charge on any atom is 0.240 e. The highest BCUT2D eigenvalue weighted by molar-refractivity contribution is 5.83. The van der Waals surface area contributed by atoms with E-state index in [0.717, 1.165) is 31.5 Å². The van der Waals surface area contributed by atoms with Crippen molar-refractivity contribution in [3.63, 3.8) is 0 Å². The first kappa shape index (κ1) is 12.0. The molecule has 4 heteroatoms. The molecule has 0 radical (unpaired) electrons. The molecule has 2 rings (SSSR count). The van der Waals surface area contributed by atoms with Crippen molar-refractivity contribution in [3.8, 4) is 0 Å². The van der Waals surface area contributed by atoms with Gasteiger partial charge in [0.15, 0.2) is 0 Å². The van der Waals surface area contributed by atoms with Crippen molar-refractivity contribution in [2.24, 2.45) is 5.73 Å². The summed E-state index contributed by atoms with van der Waals surface area (Å²) in [6.07, 6.45) is 5.67. The lowest BCUT2D eigenvalue weighted by Crippen LogP contribution is -2.45. The molecule has 0 bridgehead atoms. The van der Waals surface area contributed by atoms with E-state index in [0.29, 0.717) is 0 Å². The van der Waals surface area contributed by atoms with Crippen LogP contribution in [0.3, 0.4) is 0 Å². The van der Waals surface area contributed by atoms with Crippen LogP contribution < -0.4 is 5.73 Å². The molecule has 4 nitrogen and oxygen atoms in total. The number of nitrogens with two attached hydrogens (primary N) is 1. The summed E-state index contributed by atoms with van der Waals surface area (Å²) in [5, 5.41) is 0. The molecular weight excluding hydrogens is 214 g/mol. The van der Waals surface area contributed by atoms with Gasteiger partial charge in [-0.15, -0.1) is 0 Å². The average Bonchev–Trinajstić information content (AvgIpc) is 2.91. The minimum absolute atomic E-state index is 0.0334. The molecule has 2 heterocycles. The second-order valence-corrected chi connectivity index (χ2v) is 4.63. The van der Waals surface area contributed by atoms with E-state index in [-0.39, 0.29) is 11.8 Å². The van der Waals surface area contributed by atoms with Crippen molar-refractivity contribution < 1.29 is 4.79 Å². The molecule has 2 unspecified atom stereocenters. The van der Waals surface area contributed by atoms with Gasteiger partial charge in [-0.3, -0.25) is 9.78 Å². The molecule has 92 valence electrons. The van der Waals surface area contributed by atoms with Gasteiger partial charge >= 0.3 is 0 Å². The highest BCUT2D eigenvalue weighted by Crippen LogP contribution is 2.20. The quantitative estimate of drug-likeness (QED) is 0.851. The van der Waals surface area contributed by atoms with Crippen molar-refractivity contribution in [1.29, 1.82) is 0 Å². The molecule has 0 saturated carbocycles. The Morgan fingerprint density at radius 2 is 1.94 bits per heavy atom. The number of aromatic nitrogens is 1. The number of hydrogen-bond donors (Lipinski definition) is 1. The van der Waals surface area contributed by atoms with Gasteiger partial charge in [-0.2, -0.15) is 0 Å². The Morgan fingerprint density at radius 1 is 1.35 bits per heavy atom. The van der Waals surface area contributed by atoms with Crippen LogP contribution in [0.15, 0.2) is 24.5 Å². The van der Waals surface area contributed by atoms with Crippen molar-refractivity contribution in [2.75, 3.05) is 13.1 Å². The third-order valence-corrected chi connectivity index (χ3v) is 3.47. The lowest BCUT2D eigenvalue weighted by molar-refractivity contribution is -0.131. The molecule has 1 aliphatic heterocycles. The number of pyridine rings is 1. The molecule has 2 atom stereocenters. The van der Waals surface area contributed by atoms with Crippen LogP contribution in [0.4, 0.5) is 0 Å². The van der Waals surface area contributed by atoms with E-state index in [1.165, 1.54) is 0 Å². The van der Waals surface area contributed by atoms with Gasteiger partial charge in [0, 0.05) is 31.4 Å². The average molecular weight is 233 g/mol. The Kier molecular flexibility index (Phi) is 3.74. The van der Waals surface area contributed by atoms with E-state index in [4.69, 9.17) is 5.73 Å². The monoisotopic (exact) mass is 233 g/mol. The van der Waals surface area contributed by atoms with Gasteiger partial charge in [0.2, 0.25) is 5.91 Å². The van der Waals surface area contributed by atoms with Gasteiger partial charge in [-0.1, -0.05) is 6.92 Å². The lowest BCUT2D eigenvalue weighted by Gasteiger charge is -2.24. The van der Waals surface area contributed by atoms with Crippen LogP contribution in [0.1, 0.15) is 31.2 Å². The summed E-state index contributed by atoms with van der Waals surface area (Å²) in [5.41, 5.74) is 7.13. The first-order valence-electron chi connectivity index (χ1n) is 6.14. The van der Waals surface area contributed by atoms with Crippen LogP contribution >= 0.6 is 0 Å². The SMILES string of the molecule is CC(c1ccncc1)C(N)C(=O)N1CCCC1. The zero-order valence-electron chi connectivity index (χ0n) is 10.2. The third kappa shape index (κ3) is 2.64. The topological polar surface area (TPSA) is 59.2 Å². The molecule has 1 saturated heterocycles. The van der Waals surface area contributed by atoms with Crippen LogP contribution in [0.25, 0.3) is 0 Å². The molecule has 17 heavy (non-hydrogen) atoms. The van der Waals surface area contributed by atoms with E-state index >= 15 is 0 Å². The molecule has 1 amide bonds. The smallest absolute Gasteiger partial charge is 0.240 e. The van der Waals surface area contributed by atoms with E-state index in [1.807, 2.05) is 24.0 Å². The second-order valence-electron chi connectivity index (χ2n) is 4.63. The summed E-state index contributed by atoms with van der Waals surface area (Å²) >= 11 is 0. The van der Waals surface area contributed by atoms with Crippen molar-refractivity contribution in [3.05, 3.63) is 30.1 Å². The van der Waals surface area contributed by atoms with Gasteiger partial charge in [-0.05, 0) is 30.5 Å². The number of amides is 1. The van der Waals surface area contributed by atoms with E-state index in [2.05, 4.69) is 4.98 Å². The Balaban J connectivity index is 2.04. The lowest BCUT2D eigenvalue weighted by atomic mass is 9.94. The largest absolute Gasteiger partial charge is 0.341 e. The zero-order chi connectivity index (χ0) is 12.3. The first-order chi connectivity index (χ1) is 8.20. The van der Waals surface area contributed by atoms with Gasteiger partial charge in [0.25, 0.3) is 0 Å². The molecule has 1 aromatic heterocycles. The van der Waals surface area contributed by atoms with Crippen LogP contribution in [0.5, 0.6) is 0 Å². The summed E-state index contributed by atoms with van der Waals surface area (Å²) in [5.74, 6) is 0.109. The van der Waals surface area contributed by atoms with Gasteiger partial charge in [0.1, 0.15) is 0 Å². The molecule has 1 fully saturated rings. The fourth-order valence-corrected chi connectivity index (χ4v) is 2.24. The number of hydrogen-bond acceptors (Lipinski definition) is 3. The fraction of sp³-hybridized carbons (Fsp3) is 0.538. The molecule has 0 spiro atoms. The number of carbonyl (C=O) groups is 1. The Labute approximate surface area is 102 Å². The van der Waals surface area contributed by atoms with Crippen LogP contribution in [-0.4, -0.2) is 34.9 Å². The van der Waals surface area contributed by atoms with Gasteiger partial charge in [-0.25, -0.2) is 0 Å². The number of nitrogens with zero attached hydrogens (tertiary/aromatic N) is 2. The fourth-order valence-electron chi connectivity index (χ4n) is 2.24. The van der Waals surface area contributed by atoms with Crippen LogP contribution in [0, 0.1) is 0 Å². The summed E-state index contributed by atoms with van der Waals surface area (Å²) in [6.45, 7) is 3.71. The molecule has 2 N–H and O–H groups in total. The van der Waals surface area contributed by atoms with Crippen molar-refractivity contribution in [1.82, 2.24) is 9.88 Å². The number of carbonyl (C=O) groups excluding carboxylic acids is 1.